The first-order valence-corrected chi connectivity index (χ1v) is 9.10. The molecule has 0 fully saturated rings. The Hall–Kier alpha value is -3.18. The van der Waals surface area contributed by atoms with Gasteiger partial charge in [-0.25, -0.2) is 17.6 Å². The maximum absolute atomic E-state index is 14.2. The van der Waals surface area contributed by atoms with Gasteiger partial charge in [0.2, 0.25) is 9.84 Å². The Morgan fingerprint density at radius 2 is 1.92 bits per heavy atom. The lowest BCUT2D eigenvalue weighted by molar-refractivity contribution is 0.0526. The summed E-state index contributed by atoms with van der Waals surface area (Å²) in [6.07, 6.45) is 1.14. The molecule has 3 rings (SSSR count). The minimum Gasteiger partial charge on any atom is -0.462 e. The first kappa shape index (κ1) is 17.6. The number of carbonyl (C=O) groups is 1. The van der Waals surface area contributed by atoms with E-state index in [0.29, 0.717) is 11.3 Å². The van der Waals surface area contributed by atoms with Crippen LogP contribution in [0.25, 0.3) is 0 Å². The molecule has 1 aliphatic heterocycles. The van der Waals surface area contributed by atoms with Crippen molar-refractivity contribution in [3.63, 3.8) is 0 Å². The Kier molecular flexibility index (Phi) is 4.49. The second kappa shape index (κ2) is 6.61. The van der Waals surface area contributed by atoms with Gasteiger partial charge in [-0.05, 0) is 43.3 Å². The number of esters is 1. The third-order valence-corrected chi connectivity index (χ3v) is 5.49. The summed E-state index contributed by atoms with van der Waals surface area (Å²) in [5.74, 6) is -1.42. The Labute approximate surface area is 149 Å². The molecule has 2 aromatic rings. The zero-order valence-electron chi connectivity index (χ0n) is 13.6. The fourth-order valence-corrected chi connectivity index (χ4v) is 3.95. The van der Waals surface area contributed by atoms with Crippen molar-refractivity contribution in [1.82, 2.24) is 0 Å². The number of nitrogens with zero attached hydrogens (tertiary/aromatic N) is 2. The Bertz CT molecular complexity index is 1050. The number of hydrogen-bond donors (Lipinski definition) is 0. The standard InChI is InChI=1S/C18H13FN2O4S/c1-2-25-18(22)12-6-8-13(9-7-12)21-11-14(10-20)26(23,24)17-15(19)4-3-5-16(17)21/h3-9,11H,2H2,1H3. The summed E-state index contributed by atoms with van der Waals surface area (Å²) in [5.41, 5.74) is 0.879. The molecule has 1 heterocycles. The second-order valence-corrected chi connectivity index (χ2v) is 7.19. The van der Waals surface area contributed by atoms with E-state index in [9.17, 15) is 22.9 Å². The lowest BCUT2D eigenvalue weighted by Gasteiger charge is -2.27. The molecule has 0 spiro atoms. The number of allylic oxidation sites excluding steroid dienone is 1. The Morgan fingerprint density at radius 3 is 2.54 bits per heavy atom. The molecule has 6 nitrogen and oxygen atoms in total. The second-order valence-electron chi connectivity index (χ2n) is 5.33. The molecule has 0 saturated heterocycles. The predicted octanol–water partition coefficient (Wildman–Crippen LogP) is 3.29. The fourth-order valence-electron chi connectivity index (χ4n) is 2.59. The number of halogens is 1. The molecular weight excluding hydrogens is 359 g/mol. The molecular formula is C18H13FN2O4S. The van der Waals surface area contributed by atoms with Crippen LogP contribution < -0.4 is 4.90 Å². The highest BCUT2D eigenvalue weighted by atomic mass is 32.2. The quantitative estimate of drug-likeness (QED) is 0.769. The van der Waals surface area contributed by atoms with Crippen LogP contribution in [0.5, 0.6) is 0 Å². The molecule has 0 radical (unpaired) electrons. The molecule has 0 atom stereocenters. The van der Waals surface area contributed by atoms with Crippen molar-refractivity contribution < 1.29 is 22.3 Å². The summed E-state index contributed by atoms with van der Waals surface area (Å²) in [5, 5.41) is 9.18. The molecule has 26 heavy (non-hydrogen) atoms. The van der Waals surface area contributed by atoms with Crippen molar-refractivity contribution in [3.05, 3.63) is 65.0 Å². The van der Waals surface area contributed by atoms with Gasteiger partial charge in [0, 0.05) is 11.9 Å². The molecule has 0 bridgehead atoms. The lowest BCUT2D eigenvalue weighted by Crippen LogP contribution is -2.22. The van der Waals surface area contributed by atoms with Crippen molar-refractivity contribution >= 4 is 27.2 Å². The normalized spacial score (nSPS) is 14.8. The highest BCUT2D eigenvalue weighted by Crippen LogP contribution is 2.40. The largest absolute Gasteiger partial charge is 0.462 e. The highest BCUT2D eigenvalue weighted by Gasteiger charge is 2.34. The van der Waals surface area contributed by atoms with Gasteiger partial charge in [-0.3, -0.25) is 0 Å². The van der Waals surface area contributed by atoms with Crippen molar-refractivity contribution in [3.8, 4) is 6.07 Å². The van der Waals surface area contributed by atoms with Crippen molar-refractivity contribution in [1.29, 1.82) is 5.26 Å². The third kappa shape index (κ3) is 2.82. The first-order valence-electron chi connectivity index (χ1n) is 7.62. The van der Waals surface area contributed by atoms with E-state index in [2.05, 4.69) is 0 Å². The molecule has 1 aliphatic rings. The molecule has 0 amide bonds. The van der Waals surface area contributed by atoms with E-state index >= 15 is 0 Å². The summed E-state index contributed by atoms with van der Waals surface area (Å²) >= 11 is 0. The van der Waals surface area contributed by atoms with Gasteiger partial charge in [-0.2, -0.15) is 5.26 Å². The number of hydrogen-bond acceptors (Lipinski definition) is 6. The van der Waals surface area contributed by atoms with E-state index in [-0.39, 0.29) is 12.3 Å². The Balaban J connectivity index is 2.13. The number of benzene rings is 2. The van der Waals surface area contributed by atoms with Gasteiger partial charge >= 0.3 is 5.97 Å². The van der Waals surface area contributed by atoms with Gasteiger partial charge in [0.15, 0.2) is 4.91 Å². The van der Waals surface area contributed by atoms with Crippen LogP contribution in [-0.2, 0) is 14.6 Å². The summed E-state index contributed by atoms with van der Waals surface area (Å²) < 4.78 is 44.0. The van der Waals surface area contributed by atoms with Gasteiger partial charge in [-0.15, -0.1) is 0 Å². The maximum atomic E-state index is 14.2. The minimum atomic E-state index is -4.22. The smallest absolute Gasteiger partial charge is 0.338 e. The van der Waals surface area contributed by atoms with E-state index in [4.69, 9.17) is 4.74 Å². The SMILES string of the molecule is CCOC(=O)c1ccc(N2C=C(C#N)S(=O)(=O)c3c(F)cccc32)cc1. The van der Waals surface area contributed by atoms with Crippen LogP contribution in [0.2, 0.25) is 0 Å². The molecule has 8 heteroatoms. The van der Waals surface area contributed by atoms with E-state index in [1.165, 1.54) is 29.2 Å². The van der Waals surface area contributed by atoms with Crippen LogP contribution in [0.15, 0.2) is 58.5 Å². The van der Waals surface area contributed by atoms with E-state index in [1.54, 1.807) is 25.1 Å². The fraction of sp³-hybridized carbons (Fsp3) is 0.111. The van der Waals surface area contributed by atoms with Crippen LogP contribution in [0.3, 0.4) is 0 Å². The van der Waals surface area contributed by atoms with E-state index in [0.717, 1.165) is 12.3 Å². The van der Waals surface area contributed by atoms with Crippen LogP contribution in [0.4, 0.5) is 15.8 Å². The minimum absolute atomic E-state index is 0.0906. The first-order chi connectivity index (χ1) is 12.4. The summed E-state index contributed by atoms with van der Waals surface area (Å²) in [6, 6.07) is 11.6. The molecule has 0 N–H and O–H groups in total. The van der Waals surface area contributed by atoms with Crippen LogP contribution >= 0.6 is 0 Å². The molecule has 2 aromatic carbocycles. The van der Waals surface area contributed by atoms with Crippen molar-refractivity contribution in [2.45, 2.75) is 11.8 Å². The van der Waals surface area contributed by atoms with Crippen molar-refractivity contribution in [2.75, 3.05) is 11.5 Å². The van der Waals surface area contributed by atoms with Gasteiger partial charge < -0.3 is 9.64 Å². The number of sulfone groups is 1. The Morgan fingerprint density at radius 1 is 1.23 bits per heavy atom. The lowest BCUT2D eigenvalue weighted by atomic mass is 10.1. The number of rotatable bonds is 3. The maximum Gasteiger partial charge on any atom is 0.338 e. The third-order valence-electron chi connectivity index (χ3n) is 3.78. The van der Waals surface area contributed by atoms with E-state index < -0.39 is 31.4 Å². The molecule has 0 aliphatic carbocycles. The number of nitriles is 1. The number of anilines is 2. The number of fused-ring (bicyclic) bond motifs is 1. The number of ether oxygens (including phenoxy) is 1. The molecule has 0 unspecified atom stereocenters. The van der Waals surface area contributed by atoms with Crippen molar-refractivity contribution in [2.24, 2.45) is 0 Å². The van der Waals surface area contributed by atoms with Gasteiger partial charge in [-0.1, -0.05) is 6.07 Å². The monoisotopic (exact) mass is 372 g/mol. The zero-order chi connectivity index (χ0) is 18.9. The highest BCUT2D eigenvalue weighted by molar-refractivity contribution is 7.95. The van der Waals surface area contributed by atoms with Crippen LogP contribution in [-0.4, -0.2) is 21.0 Å². The van der Waals surface area contributed by atoms with Crippen LogP contribution in [0.1, 0.15) is 17.3 Å². The molecule has 0 saturated carbocycles. The summed E-state index contributed by atoms with van der Waals surface area (Å²) in [4.78, 5) is 12.0. The van der Waals surface area contributed by atoms with Gasteiger partial charge in [0.1, 0.15) is 16.8 Å². The molecule has 132 valence electrons. The van der Waals surface area contributed by atoms with Gasteiger partial charge in [0.25, 0.3) is 0 Å². The average molecular weight is 372 g/mol. The van der Waals surface area contributed by atoms with Gasteiger partial charge in [0.05, 0.1) is 17.9 Å². The van der Waals surface area contributed by atoms with Crippen LogP contribution in [0, 0.1) is 17.1 Å². The predicted molar refractivity (Wildman–Crippen MR) is 91.8 cm³/mol. The number of carbonyl (C=O) groups excluding carboxylic acids is 1. The molecule has 0 aromatic heterocycles. The average Bonchev–Trinajstić information content (AvgIpc) is 2.62. The summed E-state index contributed by atoms with van der Waals surface area (Å²) in [7, 11) is -4.22. The topological polar surface area (TPSA) is 87.5 Å². The zero-order valence-corrected chi connectivity index (χ0v) is 14.5. The van der Waals surface area contributed by atoms with E-state index in [1.807, 2.05) is 0 Å². The summed E-state index contributed by atoms with van der Waals surface area (Å²) in [6.45, 7) is 1.94.